The predicted octanol–water partition coefficient (Wildman–Crippen LogP) is 2.71. The molecule has 0 saturated heterocycles. The van der Waals surface area contributed by atoms with E-state index in [0.29, 0.717) is 5.82 Å². The van der Waals surface area contributed by atoms with E-state index in [1.165, 1.54) is 0 Å². The molecule has 2 heterocycles. The number of fused-ring (bicyclic) bond motifs is 1. The van der Waals surface area contributed by atoms with Crippen LogP contribution in [0.25, 0.3) is 11.0 Å². The monoisotopic (exact) mass is 190 g/mol. The van der Waals surface area contributed by atoms with Gasteiger partial charge in [0, 0.05) is 23.1 Å². The number of pyridine rings is 1. The Bertz CT molecular complexity index is 466. The maximum atomic E-state index is 5.69. The fourth-order valence-corrected chi connectivity index (χ4v) is 1.32. The van der Waals surface area contributed by atoms with Crippen LogP contribution in [0.2, 0.25) is 0 Å². The first-order valence-electron chi connectivity index (χ1n) is 4.62. The molecule has 0 atom stereocenters. The second-order valence-electron chi connectivity index (χ2n) is 4.51. The van der Waals surface area contributed by atoms with Crippen molar-refractivity contribution in [2.45, 2.75) is 26.2 Å². The first-order valence-corrected chi connectivity index (χ1v) is 4.62. The van der Waals surface area contributed by atoms with E-state index >= 15 is 0 Å². The molecule has 2 N–H and O–H groups in total. The van der Waals surface area contributed by atoms with Crippen molar-refractivity contribution in [1.82, 2.24) is 4.98 Å². The largest absolute Gasteiger partial charge is 0.460 e. The Kier molecular flexibility index (Phi) is 1.77. The van der Waals surface area contributed by atoms with E-state index in [0.717, 1.165) is 16.7 Å². The molecule has 0 aromatic carbocycles. The zero-order valence-corrected chi connectivity index (χ0v) is 8.66. The molecule has 2 aromatic heterocycles. The maximum Gasteiger partial charge on any atom is 0.139 e. The molecule has 0 aliphatic rings. The van der Waals surface area contributed by atoms with Crippen LogP contribution in [0.15, 0.2) is 22.7 Å². The van der Waals surface area contributed by atoms with Gasteiger partial charge in [-0.1, -0.05) is 20.8 Å². The van der Waals surface area contributed by atoms with E-state index in [4.69, 9.17) is 10.2 Å². The van der Waals surface area contributed by atoms with Gasteiger partial charge in [0.1, 0.15) is 17.2 Å². The number of nitrogens with two attached hydrogens (primary N) is 1. The highest BCUT2D eigenvalue weighted by Gasteiger charge is 2.18. The minimum Gasteiger partial charge on any atom is -0.460 e. The van der Waals surface area contributed by atoms with Crippen LogP contribution in [0.4, 0.5) is 5.82 Å². The summed E-state index contributed by atoms with van der Waals surface area (Å²) in [6.45, 7) is 6.34. The lowest BCUT2D eigenvalue weighted by molar-refractivity contribution is 0.430. The number of furan rings is 1. The SMILES string of the molecule is CC(C)(C)c1cc2cnc(N)cc2o1. The maximum absolute atomic E-state index is 5.69. The molecule has 2 aromatic rings. The van der Waals surface area contributed by atoms with Gasteiger partial charge in [0.15, 0.2) is 0 Å². The van der Waals surface area contributed by atoms with Gasteiger partial charge >= 0.3 is 0 Å². The molecule has 0 spiro atoms. The molecule has 0 aliphatic heterocycles. The molecule has 0 unspecified atom stereocenters. The second-order valence-corrected chi connectivity index (χ2v) is 4.51. The van der Waals surface area contributed by atoms with Crippen LogP contribution >= 0.6 is 0 Å². The number of nitrogen functional groups attached to an aromatic ring is 1. The fraction of sp³-hybridized carbons (Fsp3) is 0.364. The molecular weight excluding hydrogens is 176 g/mol. The first kappa shape index (κ1) is 9.06. The smallest absolute Gasteiger partial charge is 0.139 e. The second kappa shape index (κ2) is 2.74. The van der Waals surface area contributed by atoms with E-state index in [9.17, 15) is 0 Å². The van der Waals surface area contributed by atoms with Crippen molar-refractivity contribution >= 4 is 16.8 Å². The van der Waals surface area contributed by atoms with Crippen molar-refractivity contribution in [3.8, 4) is 0 Å². The van der Waals surface area contributed by atoms with Gasteiger partial charge in [-0.3, -0.25) is 0 Å². The van der Waals surface area contributed by atoms with Gasteiger partial charge in [-0.25, -0.2) is 4.98 Å². The highest BCUT2D eigenvalue weighted by atomic mass is 16.3. The van der Waals surface area contributed by atoms with Crippen LogP contribution in [-0.2, 0) is 5.41 Å². The summed E-state index contributed by atoms with van der Waals surface area (Å²) < 4.78 is 5.69. The summed E-state index contributed by atoms with van der Waals surface area (Å²) in [6.07, 6.45) is 1.74. The quantitative estimate of drug-likeness (QED) is 0.694. The van der Waals surface area contributed by atoms with Crippen LogP contribution in [0, 0.1) is 0 Å². The Hall–Kier alpha value is -1.51. The number of hydrogen-bond donors (Lipinski definition) is 1. The molecule has 0 fully saturated rings. The summed E-state index contributed by atoms with van der Waals surface area (Å²) in [5.74, 6) is 1.45. The van der Waals surface area contributed by atoms with Crippen molar-refractivity contribution in [1.29, 1.82) is 0 Å². The van der Waals surface area contributed by atoms with Crippen molar-refractivity contribution in [3.05, 3.63) is 24.1 Å². The van der Waals surface area contributed by atoms with E-state index in [1.807, 2.05) is 6.07 Å². The Balaban J connectivity index is 2.63. The molecule has 0 radical (unpaired) electrons. The van der Waals surface area contributed by atoms with E-state index < -0.39 is 0 Å². The molecular formula is C11H14N2O. The lowest BCUT2D eigenvalue weighted by atomic mass is 9.93. The zero-order valence-electron chi connectivity index (χ0n) is 8.66. The summed E-state index contributed by atoms with van der Waals surface area (Å²) in [4.78, 5) is 4.02. The summed E-state index contributed by atoms with van der Waals surface area (Å²) in [5, 5.41) is 1.00. The third-order valence-electron chi connectivity index (χ3n) is 2.16. The Labute approximate surface area is 82.9 Å². The zero-order chi connectivity index (χ0) is 10.3. The van der Waals surface area contributed by atoms with Crippen molar-refractivity contribution < 1.29 is 4.42 Å². The number of anilines is 1. The average molecular weight is 190 g/mol. The normalized spacial score (nSPS) is 12.2. The van der Waals surface area contributed by atoms with Crippen molar-refractivity contribution in [3.63, 3.8) is 0 Å². The van der Waals surface area contributed by atoms with Gasteiger partial charge in [0.2, 0.25) is 0 Å². The lowest BCUT2D eigenvalue weighted by Gasteiger charge is -2.13. The molecule has 3 nitrogen and oxygen atoms in total. The van der Waals surface area contributed by atoms with Crippen LogP contribution in [0.3, 0.4) is 0 Å². The average Bonchev–Trinajstić information content (AvgIpc) is 2.45. The van der Waals surface area contributed by atoms with Crippen LogP contribution in [0.5, 0.6) is 0 Å². The fourth-order valence-electron chi connectivity index (χ4n) is 1.32. The van der Waals surface area contributed by atoms with Crippen LogP contribution in [-0.4, -0.2) is 4.98 Å². The number of hydrogen-bond acceptors (Lipinski definition) is 3. The molecule has 14 heavy (non-hydrogen) atoms. The van der Waals surface area contributed by atoms with Crippen LogP contribution in [0.1, 0.15) is 26.5 Å². The van der Waals surface area contributed by atoms with Gasteiger partial charge in [-0.15, -0.1) is 0 Å². The molecule has 0 saturated carbocycles. The van der Waals surface area contributed by atoms with Gasteiger partial charge in [0.05, 0.1) is 0 Å². The van der Waals surface area contributed by atoms with Gasteiger partial charge in [-0.2, -0.15) is 0 Å². The standard InChI is InChI=1S/C11H14N2O/c1-11(2,3)9-4-7-6-13-10(12)5-8(7)14-9/h4-6H,1-3H3,(H2,12,13). The summed E-state index contributed by atoms with van der Waals surface area (Å²) in [5.41, 5.74) is 6.40. The van der Waals surface area contributed by atoms with Crippen molar-refractivity contribution in [2.75, 3.05) is 5.73 Å². The van der Waals surface area contributed by atoms with Crippen molar-refractivity contribution in [2.24, 2.45) is 0 Å². The Morgan fingerprint density at radius 1 is 1.29 bits per heavy atom. The van der Waals surface area contributed by atoms with Gasteiger partial charge in [-0.05, 0) is 6.07 Å². The molecule has 2 rings (SSSR count). The first-order chi connectivity index (χ1) is 6.47. The highest BCUT2D eigenvalue weighted by Crippen LogP contribution is 2.29. The lowest BCUT2D eigenvalue weighted by Crippen LogP contribution is -2.08. The molecule has 0 amide bonds. The summed E-state index contributed by atoms with van der Waals surface area (Å²) in [6, 6.07) is 3.77. The predicted molar refractivity (Wildman–Crippen MR) is 57.1 cm³/mol. The number of aromatic nitrogens is 1. The molecule has 3 heteroatoms. The third kappa shape index (κ3) is 1.45. The Morgan fingerprint density at radius 3 is 2.64 bits per heavy atom. The number of nitrogens with zero attached hydrogens (tertiary/aromatic N) is 1. The van der Waals surface area contributed by atoms with E-state index in [2.05, 4.69) is 25.8 Å². The molecule has 0 aliphatic carbocycles. The molecule has 74 valence electrons. The van der Waals surface area contributed by atoms with Gasteiger partial charge in [0.25, 0.3) is 0 Å². The summed E-state index contributed by atoms with van der Waals surface area (Å²) in [7, 11) is 0. The summed E-state index contributed by atoms with van der Waals surface area (Å²) >= 11 is 0. The minimum atomic E-state index is 0.0216. The van der Waals surface area contributed by atoms with Crippen LogP contribution < -0.4 is 5.73 Å². The van der Waals surface area contributed by atoms with E-state index in [1.54, 1.807) is 12.3 Å². The molecule has 0 bridgehead atoms. The van der Waals surface area contributed by atoms with E-state index in [-0.39, 0.29) is 5.41 Å². The van der Waals surface area contributed by atoms with Gasteiger partial charge < -0.3 is 10.2 Å². The topological polar surface area (TPSA) is 52.0 Å². The third-order valence-corrected chi connectivity index (χ3v) is 2.16. The minimum absolute atomic E-state index is 0.0216. The Morgan fingerprint density at radius 2 is 2.00 bits per heavy atom. The number of rotatable bonds is 0. The highest BCUT2D eigenvalue weighted by molar-refractivity contribution is 5.79.